The van der Waals surface area contributed by atoms with Gasteiger partial charge in [0, 0.05) is 33.3 Å². The topological polar surface area (TPSA) is 105 Å². The molecule has 186 valence electrons. The van der Waals surface area contributed by atoms with Crippen molar-refractivity contribution in [2.45, 2.75) is 12.2 Å². The van der Waals surface area contributed by atoms with E-state index >= 15 is 0 Å². The van der Waals surface area contributed by atoms with Gasteiger partial charge >= 0.3 is 11.9 Å². The van der Waals surface area contributed by atoms with Gasteiger partial charge in [0.15, 0.2) is 12.2 Å². The van der Waals surface area contributed by atoms with Crippen molar-refractivity contribution in [1.82, 2.24) is 0 Å². The lowest BCUT2D eigenvalue weighted by molar-refractivity contribution is -0.169. The molecule has 4 atom stereocenters. The van der Waals surface area contributed by atoms with Gasteiger partial charge in [0.1, 0.15) is 23.4 Å². The maximum absolute atomic E-state index is 13.0. The molecule has 0 fully saturated rings. The second kappa shape index (κ2) is 10.6. The molecule has 2 aliphatic rings. The van der Waals surface area contributed by atoms with Crippen LogP contribution in [0.3, 0.4) is 0 Å². The van der Waals surface area contributed by atoms with Gasteiger partial charge in [0.2, 0.25) is 11.6 Å². The SMILES string of the molecule is COC(=O)[C@@H]([C@H](C(=O)OC)[C@H]1OC(c2ccc(Cl)cc2)=CC1=O)[C@H]1OC(c2ccc(Cl)cc2)=CC1=O. The highest BCUT2D eigenvalue weighted by atomic mass is 35.5. The van der Waals surface area contributed by atoms with Crippen LogP contribution in [0.4, 0.5) is 0 Å². The van der Waals surface area contributed by atoms with Crippen LogP contribution in [0.2, 0.25) is 10.0 Å². The third-order valence-corrected chi connectivity index (χ3v) is 6.36. The molecule has 8 nitrogen and oxygen atoms in total. The molecule has 10 heteroatoms. The lowest BCUT2D eigenvalue weighted by atomic mass is 9.81. The average Bonchev–Trinajstić information content (AvgIpc) is 3.44. The van der Waals surface area contributed by atoms with Gasteiger partial charge in [-0.2, -0.15) is 0 Å². The summed E-state index contributed by atoms with van der Waals surface area (Å²) in [7, 11) is 2.21. The van der Waals surface area contributed by atoms with Crippen molar-refractivity contribution in [3.63, 3.8) is 0 Å². The second-order valence-electron chi connectivity index (χ2n) is 8.01. The maximum atomic E-state index is 13.0. The quantitative estimate of drug-likeness (QED) is 0.496. The number of ether oxygens (including phenoxy) is 4. The fourth-order valence-electron chi connectivity index (χ4n) is 4.10. The number of esters is 2. The second-order valence-corrected chi connectivity index (χ2v) is 8.88. The molecule has 0 saturated heterocycles. The average molecular weight is 531 g/mol. The Hall–Kier alpha value is -3.62. The standard InChI is InChI=1S/C26H20Cl2O8/c1-33-25(31)21(23-17(29)11-19(35-23)13-3-7-15(27)8-4-13)22(26(32)34-2)24-18(30)12-20(36-24)14-5-9-16(28)10-6-14/h3-12,21-24H,1-2H3/t21-,22-,23-,24-/m0/s1. The van der Waals surface area contributed by atoms with Crippen LogP contribution in [0.5, 0.6) is 0 Å². The third-order valence-electron chi connectivity index (χ3n) is 5.86. The first kappa shape index (κ1) is 25.5. The predicted molar refractivity (Wildman–Crippen MR) is 130 cm³/mol. The van der Waals surface area contributed by atoms with E-state index in [1.165, 1.54) is 12.2 Å². The molecule has 0 aromatic heterocycles. The summed E-state index contributed by atoms with van der Waals surface area (Å²) < 4.78 is 21.5. The Morgan fingerprint density at radius 1 is 0.694 bits per heavy atom. The minimum absolute atomic E-state index is 0.179. The first-order valence-electron chi connectivity index (χ1n) is 10.8. The van der Waals surface area contributed by atoms with Crippen molar-refractivity contribution in [2.24, 2.45) is 11.8 Å². The van der Waals surface area contributed by atoms with Crippen molar-refractivity contribution in [3.8, 4) is 0 Å². The summed E-state index contributed by atoms with van der Waals surface area (Å²) in [6, 6.07) is 13.0. The monoisotopic (exact) mass is 530 g/mol. The first-order valence-corrected chi connectivity index (χ1v) is 11.5. The molecule has 2 heterocycles. The minimum atomic E-state index is -1.54. The minimum Gasteiger partial charge on any atom is -0.481 e. The van der Waals surface area contributed by atoms with E-state index in [2.05, 4.69) is 0 Å². The number of ketones is 2. The molecule has 0 radical (unpaired) electrons. The van der Waals surface area contributed by atoms with Crippen LogP contribution in [0.15, 0.2) is 60.7 Å². The molecule has 36 heavy (non-hydrogen) atoms. The molecule has 4 rings (SSSR count). The van der Waals surface area contributed by atoms with Gasteiger partial charge in [0.05, 0.1) is 14.2 Å². The largest absolute Gasteiger partial charge is 0.481 e. The molecule has 0 amide bonds. The maximum Gasteiger partial charge on any atom is 0.313 e. The van der Waals surface area contributed by atoms with E-state index in [1.54, 1.807) is 48.5 Å². The third kappa shape index (κ3) is 5.01. The Morgan fingerprint density at radius 3 is 1.33 bits per heavy atom. The first-order chi connectivity index (χ1) is 17.2. The molecule has 0 saturated carbocycles. The summed E-state index contributed by atoms with van der Waals surface area (Å²) in [5, 5.41) is 0.971. The number of methoxy groups -OCH3 is 2. The number of hydrogen-bond acceptors (Lipinski definition) is 8. The molecule has 0 aliphatic carbocycles. The summed E-state index contributed by atoms with van der Waals surface area (Å²) in [6.45, 7) is 0. The zero-order valence-corrected chi connectivity index (χ0v) is 20.6. The van der Waals surface area contributed by atoms with Crippen LogP contribution in [0.1, 0.15) is 11.1 Å². The molecule has 2 aromatic rings. The normalized spacial score (nSPS) is 20.6. The van der Waals surface area contributed by atoms with Crippen LogP contribution in [-0.2, 0) is 38.1 Å². The van der Waals surface area contributed by atoms with Crippen molar-refractivity contribution in [1.29, 1.82) is 0 Å². The van der Waals surface area contributed by atoms with Crippen molar-refractivity contribution >= 4 is 58.2 Å². The molecule has 0 bridgehead atoms. The summed E-state index contributed by atoms with van der Waals surface area (Å²) in [4.78, 5) is 51.8. The molecule has 0 spiro atoms. The number of carbonyl (C=O) groups is 4. The molecule has 2 aromatic carbocycles. The summed E-state index contributed by atoms with van der Waals surface area (Å²) in [6.07, 6.45) is -0.480. The van der Waals surface area contributed by atoms with E-state index in [4.69, 9.17) is 42.1 Å². The molecular formula is C26H20Cl2O8. The molecular weight excluding hydrogens is 511 g/mol. The van der Waals surface area contributed by atoms with Gasteiger partial charge in [-0.1, -0.05) is 23.2 Å². The summed E-state index contributed by atoms with van der Waals surface area (Å²) in [5.41, 5.74) is 1.07. The fourth-order valence-corrected chi connectivity index (χ4v) is 4.35. The number of carbonyl (C=O) groups excluding carboxylic acids is 4. The highest BCUT2D eigenvalue weighted by Gasteiger charge is 2.54. The zero-order chi connectivity index (χ0) is 26.0. The van der Waals surface area contributed by atoms with E-state index in [1.807, 2.05) is 0 Å². The van der Waals surface area contributed by atoms with Crippen LogP contribution in [0.25, 0.3) is 11.5 Å². The Morgan fingerprint density at radius 2 is 1.03 bits per heavy atom. The lowest BCUT2D eigenvalue weighted by Crippen LogP contribution is -2.49. The van der Waals surface area contributed by atoms with Gasteiger partial charge in [-0.25, -0.2) is 0 Å². The van der Waals surface area contributed by atoms with Crippen LogP contribution >= 0.6 is 23.2 Å². The molecule has 2 aliphatic heterocycles. The van der Waals surface area contributed by atoms with E-state index in [0.29, 0.717) is 21.2 Å². The summed E-state index contributed by atoms with van der Waals surface area (Å²) in [5.74, 6) is -5.76. The Kier molecular flexibility index (Phi) is 7.47. The zero-order valence-electron chi connectivity index (χ0n) is 19.1. The van der Waals surface area contributed by atoms with Crippen LogP contribution in [0, 0.1) is 11.8 Å². The van der Waals surface area contributed by atoms with Crippen LogP contribution in [-0.4, -0.2) is 49.9 Å². The van der Waals surface area contributed by atoms with Crippen molar-refractivity contribution in [3.05, 3.63) is 81.9 Å². The summed E-state index contributed by atoms with van der Waals surface area (Å²) >= 11 is 11.9. The van der Waals surface area contributed by atoms with Gasteiger partial charge in [-0.3, -0.25) is 19.2 Å². The number of benzene rings is 2. The van der Waals surface area contributed by atoms with Crippen molar-refractivity contribution < 1.29 is 38.1 Å². The van der Waals surface area contributed by atoms with E-state index in [9.17, 15) is 19.2 Å². The van der Waals surface area contributed by atoms with Crippen LogP contribution < -0.4 is 0 Å². The highest BCUT2D eigenvalue weighted by molar-refractivity contribution is 6.30. The fraction of sp³-hybridized carbons (Fsp3) is 0.231. The van der Waals surface area contributed by atoms with E-state index < -0.39 is 47.5 Å². The van der Waals surface area contributed by atoms with Gasteiger partial charge < -0.3 is 18.9 Å². The smallest absolute Gasteiger partial charge is 0.313 e. The van der Waals surface area contributed by atoms with E-state index in [-0.39, 0.29) is 11.5 Å². The molecule has 0 N–H and O–H groups in total. The van der Waals surface area contributed by atoms with E-state index in [0.717, 1.165) is 14.2 Å². The van der Waals surface area contributed by atoms with Gasteiger partial charge in [-0.05, 0) is 48.5 Å². The number of rotatable bonds is 7. The number of hydrogen-bond donors (Lipinski definition) is 0. The number of halogens is 2. The molecule has 0 unspecified atom stereocenters. The van der Waals surface area contributed by atoms with Crippen molar-refractivity contribution in [2.75, 3.05) is 14.2 Å². The Labute approximate surface area is 216 Å². The Bertz CT molecular complexity index is 1160. The highest BCUT2D eigenvalue weighted by Crippen LogP contribution is 2.38. The van der Waals surface area contributed by atoms with Gasteiger partial charge in [0.25, 0.3) is 0 Å². The Balaban J connectivity index is 1.66. The lowest BCUT2D eigenvalue weighted by Gasteiger charge is -2.30. The van der Waals surface area contributed by atoms with Gasteiger partial charge in [-0.15, -0.1) is 0 Å². The predicted octanol–water partition coefficient (Wildman–Crippen LogP) is 3.89.